The molecule has 0 aliphatic heterocycles. The normalized spacial score (nSPS) is 15.9. The fourth-order valence-corrected chi connectivity index (χ4v) is 2.42. The van der Waals surface area contributed by atoms with Gasteiger partial charge in [0.25, 0.3) is 0 Å². The third-order valence-electron chi connectivity index (χ3n) is 3.48. The van der Waals surface area contributed by atoms with Gasteiger partial charge in [0.1, 0.15) is 11.3 Å². The minimum atomic E-state index is 0.455. The zero-order valence-electron chi connectivity index (χ0n) is 11.6. The molecule has 3 rings (SSSR count). The summed E-state index contributed by atoms with van der Waals surface area (Å²) in [6, 6.07) is 10.6. The first-order valence-electron chi connectivity index (χ1n) is 6.95. The second-order valence-electron chi connectivity index (χ2n) is 4.96. The van der Waals surface area contributed by atoms with E-state index in [1.807, 2.05) is 18.2 Å². The average molecular weight is 269 g/mol. The third-order valence-corrected chi connectivity index (χ3v) is 3.48. The van der Waals surface area contributed by atoms with E-state index in [1.165, 1.54) is 0 Å². The molecule has 1 aromatic heterocycles. The Kier molecular flexibility index (Phi) is 3.72. The highest BCUT2D eigenvalue weighted by atomic mass is 16.3. The lowest BCUT2D eigenvalue weighted by Crippen LogP contribution is -2.42. The van der Waals surface area contributed by atoms with E-state index in [2.05, 4.69) is 39.9 Å². The molecule has 0 radical (unpaired) electrons. The zero-order valence-corrected chi connectivity index (χ0v) is 11.6. The Morgan fingerprint density at radius 2 is 2.10 bits per heavy atom. The van der Waals surface area contributed by atoms with E-state index < -0.39 is 0 Å². The molecule has 1 aliphatic rings. The van der Waals surface area contributed by atoms with E-state index in [-0.39, 0.29) is 0 Å². The number of benzene rings is 1. The van der Waals surface area contributed by atoms with Gasteiger partial charge in [-0.3, -0.25) is 4.99 Å². The molecule has 1 aliphatic carbocycles. The first kappa shape index (κ1) is 12.8. The molecule has 0 atom stereocenters. The van der Waals surface area contributed by atoms with E-state index >= 15 is 0 Å². The van der Waals surface area contributed by atoms with Gasteiger partial charge in [0.05, 0.1) is 6.54 Å². The largest absolute Gasteiger partial charge is 0.459 e. The van der Waals surface area contributed by atoms with E-state index in [0.717, 1.165) is 35.5 Å². The van der Waals surface area contributed by atoms with Crippen molar-refractivity contribution in [1.29, 1.82) is 0 Å². The molecule has 4 nitrogen and oxygen atoms in total. The smallest absolute Gasteiger partial charge is 0.191 e. The van der Waals surface area contributed by atoms with Crippen LogP contribution in [0.15, 0.2) is 51.9 Å². The highest BCUT2D eigenvalue weighted by Crippen LogP contribution is 2.18. The number of guanidine groups is 1. The Morgan fingerprint density at radius 3 is 2.85 bits per heavy atom. The average Bonchev–Trinajstić information content (AvgIpc) is 3.12. The summed E-state index contributed by atoms with van der Waals surface area (Å²) in [5, 5.41) is 7.83. The summed E-state index contributed by atoms with van der Waals surface area (Å²) >= 11 is 0. The molecule has 1 heterocycles. The predicted octanol–water partition coefficient (Wildman–Crippen LogP) is 2.82. The van der Waals surface area contributed by atoms with Gasteiger partial charge < -0.3 is 15.1 Å². The van der Waals surface area contributed by atoms with Crippen LogP contribution in [0.1, 0.15) is 18.6 Å². The lowest BCUT2D eigenvalue weighted by atomic mass is 10.2. The van der Waals surface area contributed by atoms with Crippen LogP contribution in [0.3, 0.4) is 0 Å². The number of hydrogen-bond acceptors (Lipinski definition) is 2. The van der Waals surface area contributed by atoms with Gasteiger partial charge in [0.2, 0.25) is 0 Å². The number of hydrogen-bond donors (Lipinski definition) is 2. The summed E-state index contributed by atoms with van der Waals surface area (Å²) in [5.74, 6) is 1.73. The molecule has 2 N–H and O–H groups in total. The van der Waals surface area contributed by atoms with Gasteiger partial charge in [-0.05, 0) is 25.0 Å². The number of aliphatic imine (C=N–C) groups is 1. The van der Waals surface area contributed by atoms with Gasteiger partial charge in [-0.25, -0.2) is 0 Å². The van der Waals surface area contributed by atoms with E-state index in [0.29, 0.717) is 12.6 Å². The second-order valence-corrected chi connectivity index (χ2v) is 4.96. The maximum absolute atomic E-state index is 5.78. The minimum absolute atomic E-state index is 0.455. The highest BCUT2D eigenvalue weighted by molar-refractivity contribution is 5.80. The van der Waals surface area contributed by atoms with Crippen LogP contribution < -0.4 is 10.6 Å². The molecule has 0 saturated carbocycles. The summed E-state index contributed by atoms with van der Waals surface area (Å²) in [5.41, 5.74) is 0.923. The van der Waals surface area contributed by atoms with E-state index in [9.17, 15) is 0 Å². The van der Waals surface area contributed by atoms with Crippen LogP contribution in [-0.2, 0) is 6.54 Å². The topological polar surface area (TPSA) is 49.6 Å². The number of nitrogens with one attached hydrogen (secondary N) is 2. The zero-order chi connectivity index (χ0) is 13.8. The van der Waals surface area contributed by atoms with Crippen molar-refractivity contribution >= 4 is 16.9 Å². The van der Waals surface area contributed by atoms with Crippen molar-refractivity contribution in [3.63, 3.8) is 0 Å². The first-order valence-corrected chi connectivity index (χ1v) is 6.95. The van der Waals surface area contributed by atoms with Gasteiger partial charge in [-0.15, -0.1) is 0 Å². The molecule has 0 bridgehead atoms. The third kappa shape index (κ3) is 2.85. The van der Waals surface area contributed by atoms with E-state index in [1.54, 1.807) is 7.05 Å². The number of para-hydroxylation sites is 1. The van der Waals surface area contributed by atoms with Crippen LogP contribution >= 0.6 is 0 Å². The molecular weight excluding hydrogens is 250 g/mol. The molecule has 0 spiro atoms. The van der Waals surface area contributed by atoms with Gasteiger partial charge >= 0.3 is 0 Å². The molecular formula is C16H19N3O. The van der Waals surface area contributed by atoms with Crippen molar-refractivity contribution in [2.45, 2.75) is 25.4 Å². The number of nitrogens with zero attached hydrogens (tertiary/aromatic N) is 1. The Morgan fingerprint density at radius 1 is 1.30 bits per heavy atom. The van der Waals surface area contributed by atoms with Crippen molar-refractivity contribution < 1.29 is 4.42 Å². The summed E-state index contributed by atoms with van der Waals surface area (Å²) in [6.07, 6.45) is 6.52. The quantitative estimate of drug-likeness (QED) is 0.512. The van der Waals surface area contributed by atoms with Crippen molar-refractivity contribution in [2.24, 2.45) is 4.99 Å². The second kappa shape index (κ2) is 5.82. The Bertz CT molecular complexity index is 601. The first-order chi connectivity index (χ1) is 9.85. The molecule has 104 valence electrons. The molecule has 0 amide bonds. The predicted molar refractivity (Wildman–Crippen MR) is 81.7 cm³/mol. The fraction of sp³-hybridized carbons (Fsp3) is 0.312. The highest BCUT2D eigenvalue weighted by Gasteiger charge is 2.12. The summed E-state index contributed by atoms with van der Waals surface area (Å²) in [4.78, 5) is 4.25. The maximum atomic E-state index is 5.78. The monoisotopic (exact) mass is 269 g/mol. The van der Waals surface area contributed by atoms with Crippen molar-refractivity contribution in [3.8, 4) is 0 Å². The van der Waals surface area contributed by atoms with Crippen LogP contribution in [0.2, 0.25) is 0 Å². The van der Waals surface area contributed by atoms with Crippen molar-refractivity contribution in [2.75, 3.05) is 7.05 Å². The fourth-order valence-electron chi connectivity index (χ4n) is 2.42. The molecule has 20 heavy (non-hydrogen) atoms. The van der Waals surface area contributed by atoms with Crippen LogP contribution in [0, 0.1) is 0 Å². The lowest BCUT2D eigenvalue weighted by Gasteiger charge is -2.16. The standard InChI is InChI=1S/C16H19N3O/c1-17-16(19-13-7-3-4-8-13)18-11-14-10-12-6-2-5-9-15(12)20-14/h2-6,9-10,13H,7-8,11H2,1H3,(H2,17,18,19). The Hall–Kier alpha value is -2.23. The molecule has 2 aromatic rings. The molecule has 0 saturated heterocycles. The van der Waals surface area contributed by atoms with Crippen LogP contribution in [0.4, 0.5) is 0 Å². The van der Waals surface area contributed by atoms with Crippen molar-refractivity contribution in [1.82, 2.24) is 10.6 Å². The van der Waals surface area contributed by atoms with E-state index in [4.69, 9.17) is 4.42 Å². The van der Waals surface area contributed by atoms with Gasteiger partial charge in [-0.1, -0.05) is 30.4 Å². The summed E-state index contributed by atoms with van der Waals surface area (Å²) < 4.78 is 5.78. The van der Waals surface area contributed by atoms with Crippen LogP contribution in [-0.4, -0.2) is 19.0 Å². The Balaban J connectivity index is 1.59. The summed E-state index contributed by atoms with van der Waals surface area (Å²) in [7, 11) is 1.79. The minimum Gasteiger partial charge on any atom is -0.459 e. The summed E-state index contributed by atoms with van der Waals surface area (Å²) in [6.45, 7) is 0.633. The molecule has 0 unspecified atom stereocenters. The van der Waals surface area contributed by atoms with Crippen LogP contribution in [0.25, 0.3) is 11.0 Å². The molecule has 0 fully saturated rings. The number of furan rings is 1. The van der Waals surface area contributed by atoms with Gasteiger partial charge in [-0.2, -0.15) is 0 Å². The Labute approximate surface area is 118 Å². The SMILES string of the molecule is CN=C(NCc1cc2ccccc2o1)NC1CC=CC1. The van der Waals surface area contributed by atoms with Gasteiger partial charge in [0.15, 0.2) is 5.96 Å². The number of fused-ring (bicyclic) bond motifs is 1. The van der Waals surface area contributed by atoms with Crippen LogP contribution in [0.5, 0.6) is 0 Å². The molecule has 4 heteroatoms. The van der Waals surface area contributed by atoms with Crippen molar-refractivity contribution in [3.05, 3.63) is 48.2 Å². The van der Waals surface area contributed by atoms with Gasteiger partial charge in [0, 0.05) is 18.5 Å². The molecule has 1 aromatic carbocycles. The maximum Gasteiger partial charge on any atom is 0.191 e. The lowest BCUT2D eigenvalue weighted by molar-refractivity contribution is 0.535. The number of rotatable bonds is 3.